The molecule has 1 aliphatic heterocycles. The Hall–Kier alpha value is -0.883. The number of hydrogen-bond donors (Lipinski definition) is 0. The molecule has 20 heavy (non-hydrogen) atoms. The van der Waals surface area contributed by atoms with E-state index in [0.29, 0.717) is 13.0 Å². The van der Waals surface area contributed by atoms with Gasteiger partial charge >= 0.3 is 11.9 Å². The number of rotatable bonds is 3. The van der Waals surface area contributed by atoms with Crippen LogP contribution in [0.5, 0.6) is 0 Å². The summed E-state index contributed by atoms with van der Waals surface area (Å²) in [4.78, 5) is 24.1. The maximum Gasteiger partial charge on any atom is 0.323 e. The van der Waals surface area contributed by atoms with Crippen molar-refractivity contribution in [1.29, 1.82) is 0 Å². The van der Waals surface area contributed by atoms with E-state index in [2.05, 4.69) is 24.2 Å². The van der Waals surface area contributed by atoms with Crippen LogP contribution in [-0.4, -0.2) is 50.0 Å². The van der Waals surface area contributed by atoms with Gasteiger partial charge in [0.1, 0.15) is 19.9 Å². The number of ether oxygens (including phenoxy) is 2. The smallest absolute Gasteiger partial charge is 0.323 e. The number of methoxy groups -OCH3 is 1. The molecule has 0 aromatic rings. The molecule has 0 amide bonds. The number of hydrogen-bond acceptors (Lipinski definition) is 5. The van der Waals surface area contributed by atoms with Gasteiger partial charge in [-0.3, -0.25) is 9.59 Å². The predicted octanol–water partition coefficient (Wildman–Crippen LogP) is 2.03. The van der Waals surface area contributed by atoms with Gasteiger partial charge in [0.05, 0.1) is 13.0 Å². The minimum atomic E-state index is -1.70. The van der Waals surface area contributed by atoms with E-state index in [9.17, 15) is 9.59 Å². The second-order valence-electron chi connectivity index (χ2n) is 7.33. The van der Waals surface area contributed by atoms with Crippen molar-refractivity contribution in [3.8, 4) is 0 Å². The molecule has 0 aliphatic carbocycles. The van der Waals surface area contributed by atoms with Gasteiger partial charge in [0.15, 0.2) is 0 Å². The molecule has 0 saturated carbocycles. The van der Waals surface area contributed by atoms with Gasteiger partial charge in [0.2, 0.25) is 0 Å². The number of carbonyl (C=O) groups excluding carboxylic acids is 2. The van der Waals surface area contributed by atoms with E-state index in [-0.39, 0.29) is 23.9 Å². The molecule has 0 N–H and O–H groups in total. The molecule has 1 saturated heterocycles. The Morgan fingerprint density at radius 2 is 1.70 bits per heavy atom. The normalized spacial score (nSPS) is 24.6. The van der Waals surface area contributed by atoms with Crippen molar-refractivity contribution in [2.24, 2.45) is 5.92 Å². The molecule has 0 spiro atoms. The van der Waals surface area contributed by atoms with Gasteiger partial charge in [-0.1, -0.05) is 19.6 Å². The molecule has 0 unspecified atom stereocenters. The van der Waals surface area contributed by atoms with Crippen LogP contribution in [0.2, 0.25) is 19.6 Å². The first kappa shape index (κ1) is 17.2. The lowest BCUT2D eigenvalue weighted by Crippen LogP contribution is -2.52. The van der Waals surface area contributed by atoms with Crippen molar-refractivity contribution >= 4 is 20.2 Å². The van der Waals surface area contributed by atoms with Crippen molar-refractivity contribution in [3.63, 3.8) is 0 Å². The van der Waals surface area contributed by atoms with Crippen LogP contribution in [0.1, 0.15) is 27.2 Å². The highest BCUT2D eigenvalue weighted by Gasteiger charge is 2.46. The van der Waals surface area contributed by atoms with Gasteiger partial charge in [-0.05, 0) is 27.2 Å². The van der Waals surface area contributed by atoms with Crippen LogP contribution < -0.4 is 0 Å². The maximum absolute atomic E-state index is 12.4. The Labute approximate surface area is 122 Å². The zero-order chi connectivity index (χ0) is 15.7. The van der Waals surface area contributed by atoms with E-state index in [1.807, 2.05) is 20.8 Å². The fourth-order valence-corrected chi connectivity index (χ4v) is 4.42. The fraction of sp³-hybridized carbons (Fsp3) is 0.857. The molecular formula is C14H27NO4Si. The monoisotopic (exact) mass is 301 g/mol. The second-order valence-corrected chi connectivity index (χ2v) is 12.2. The minimum Gasteiger partial charge on any atom is -0.469 e. The zero-order valence-corrected chi connectivity index (χ0v) is 14.6. The third-order valence-electron chi connectivity index (χ3n) is 3.38. The standard InChI is InChI=1S/C14H27NO4Si/c1-14(2,3)19-13(17)11-8-10(12(16)18-4)9-15(11)20(5,6)7/h10-11H,8-9H2,1-7H3/t10-,11-/m1/s1. The molecule has 2 atom stereocenters. The molecule has 1 heterocycles. The summed E-state index contributed by atoms with van der Waals surface area (Å²) < 4.78 is 12.5. The van der Waals surface area contributed by atoms with Crippen molar-refractivity contribution < 1.29 is 19.1 Å². The van der Waals surface area contributed by atoms with Crippen LogP contribution >= 0.6 is 0 Å². The highest BCUT2D eigenvalue weighted by Crippen LogP contribution is 2.31. The quantitative estimate of drug-likeness (QED) is 0.590. The summed E-state index contributed by atoms with van der Waals surface area (Å²) in [5, 5.41) is 0. The van der Waals surface area contributed by atoms with Crippen molar-refractivity contribution in [2.45, 2.75) is 58.5 Å². The van der Waals surface area contributed by atoms with E-state index in [0.717, 1.165) is 0 Å². The highest BCUT2D eigenvalue weighted by atomic mass is 28.3. The molecule has 0 radical (unpaired) electrons. The SMILES string of the molecule is COC(=O)[C@@H]1C[C@H](C(=O)OC(C)(C)C)N([Si](C)(C)C)C1. The highest BCUT2D eigenvalue weighted by molar-refractivity contribution is 6.73. The van der Waals surface area contributed by atoms with Crippen LogP contribution in [0.15, 0.2) is 0 Å². The van der Waals surface area contributed by atoms with Crippen LogP contribution in [-0.2, 0) is 19.1 Å². The Bertz CT molecular complexity index is 384. The summed E-state index contributed by atoms with van der Waals surface area (Å²) >= 11 is 0. The fourth-order valence-electron chi connectivity index (χ4n) is 2.51. The largest absolute Gasteiger partial charge is 0.469 e. The Balaban J connectivity index is 2.90. The molecule has 1 aliphatic rings. The summed E-state index contributed by atoms with van der Waals surface area (Å²) in [7, 11) is -0.310. The lowest BCUT2D eigenvalue weighted by Gasteiger charge is -2.35. The first-order chi connectivity index (χ1) is 8.95. The molecule has 6 heteroatoms. The van der Waals surface area contributed by atoms with E-state index < -0.39 is 13.8 Å². The van der Waals surface area contributed by atoms with Crippen LogP contribution in [0.25, 0.3) is 0 Å². The lowest BCUT2D eigenvalue weighted by atomic mass is 10.1. The summed E-state index contributed by atoms with van der Waals surface area (Å²) in [6, 6.07) is -0.329. The van der Waals surface area contributed by atoms with Gasteiger partial charge in [-0.25, -0.2) is 0 Å². The van der Waals surface area contributed by atoms with E-state index in [4.69, 9.17) is 9.47 Å². The first-order valence-corrected chi connectivity index (χ1v) is 10.5. The molecule has 116 valence electrons. The molecule has 1 rings (SSSR count). The van der Waals surface area contributed by atoms with E-state index in [1.54, 1.807) is 0 Å². The lowest BCUT2D eigenvalue weighted by molar-refractivity contribution is -0.159. The van der Waals surface area contributed by atoms with Gasteiger partial charge in [0.25, 0.3) is 0 Å². The van der Waals surface area contributed by atoms with E-state index >= 15 is 0 Å². The van der Waals surface area contributed by atoms with Gasteiger partial charge < -0.3 is 14.0 Å². The zero-order valence-electron chi connectivity index (χ0n) is 13.6. The third-order valence-corrected chi connectivity index (χ3v) is 5.59. The van der Waals surface area contributed by atoms with Gasteiger partial charge in [-0.2, -0.15) is 0 Å². The Kier molecular flexibility index (Phi) is 5.02. The third kappa shape index (κ3) is 4.31. The van der Waals surface area contributed by atoms with Crippen LogP contribution in [0.3, 0.4) is 0 Å². The Morgan fingerprint density at radius 3 is 2.10 bits per heavy atom. The summed E-state index contributed by atoms with van der Waals surface area (Å²) in [5.74, 6) is -0.699. The number of carbonyl (C=O) groups is 2. The van der Waals surface area contributed by atoms with Gasteiger partial charge in [0, 0.05) is 6.54 Å². The number of nitrogens with zero attached hydrogens (tertiary/aromatic N) is 1. The maximum atomic E-state index is 12.4. The van der Waals surface area contributed by atoms with Gasteiger partial charge in [-0.15, -0.1) is 0 Å². The Morgan fingerprint density at radius 1 is 1.15 bits per heavy atom. The summed E-state index contributed by atoms with van der Waals surface area (Å²) in [5.41, 5.74) is -0.508. The van der Waals surface area contributed by atoms with Crippen LogP contribution in [0.4, 0.5) is 0 Å². The van der Waals surface area contributed by atoms with Crippen molar-refractivity contribution in [1.82, 2.24) is 4.57 Å². The minimum absolute atomic E-state index is 0.230. The van der Waals surface area contributed by atoms with Crippen molar-refractivity contribution in [3.05, 3.63) is 0 Å². The second kappa shape index (κ2) is 5.85. The predicted molar refractivity (Wildman–Crippen MR) is 79.8 cm³/mol. The average molecular weight is 301 g/mol. The first-order valence-electron chi connectivity index (χ1n) is 7.03. The molecule has 0 aromatic carbocycles. The van der Waals surface area contributed by atoms with Crippen molar-refractivity contribution in [2.75, 3.05) is 13.7 Å². The van der Waals surface area contributed by atoms with Crippen LogP contribution in [0, 0.1) is 5.92 Å². The average Bonchev–Trinajstić information content (AvgIpc) is 2.70. The molecule has 5 nitrogen and oxygen atoms in total. The topological polar surface area (TPSA) is 55.8 Å². The molecule has 0 aromatic heterocycles. The summed E-state index contributed by atoms with van der Waals surface area (Å²) in [6.07, 6.45) is 0.492. The van der Waals surface area contributed by atoms with E-state index in [1.165, 1.54) is 7.11 Å². The number of esters is 2. The summed E-state index contributed by atoms with van der Waals surface area (Å²) in [6.45, 7) is 12.7. The molecule has 1 fully saturated rings. The molecular weight excluding hydrogens is 274 g/mol. The molecule has 0 bridgehead atoms.